The molecule has 0 spiro atoms. The van der Waals surface area contributed by atoms with E-state index in [0.717, 1.165) is 5.56 Å². The minimum absolute atomic E-state index is 0.134. The van der Waals surface area contributed by atoms with E-state index in [-0.39, 0.29) is 11.9 Å². The highest BCUT2D eigenvalue weighted by atomic mass is 35.5. The number of amides is 1. The molecule has 1 atom stereocenters. The van der Waals surface area contributed by atoms with Gasteiger partial charge in [0.2, 0.25) is 5.91 Å². The van der Waals surface area contributed by atoms with Crippen molar-refractivity contribution in [2.75, 3.05) is 0 Å². The van der Waals surface area contributed by atoms with Crippen LogP contribution in [0.1, 0.15) is 18.5 Å². The molecule has 1 N–H and O–H groups in total. The van der Waals surface area contributed by atoms with Crippen LogP contribution in [0, 0.1) is 0 Å². The van der Waals surface area contributed by atoms with Gasteiger partial charge >= 0.3 is 0 Å². The summed E-state index contributed by atoms with van der Waals surface area (Å²) in [6.07, 6.45) is 6.69. The Balaban J connectivity index is 2.16. The first-order valence-corrected chi connectivity index (χ1v) is 6.68. The van der Waals surface area contributed by atoms with Crippen LogP contribution in [0.15, 0.2) is 60.2 Å². The molecule has 1 heterocycles. The number of rotatable bonds is 5. The monoisotopic (exact) mass is 289 g/mol. The predicted octanol–water partition coefficient (Wildman–Crippen LogP) is 2.88. The lowest BCUT2D eigenvalue weighted by atomic mass is 10.1. The maximum atomic E-state index is 11.9. The number of hydrogen-bond acceptors (Lipinski definition) is 2. The zero-order chi connectivity index (χ0) is 14.4. The molecule has 0 aliphatic rings. The van der Waals surface area contributed by atoms with Gasteiger partial charge in [-0.25, -0.2) is 4.98 Å². The second kappa shape index (κ2) is 6.91. The fraction of sp³-hybridized carbons (Fsp3) is 0.200. The first kappa shape index (κ1) is 14.3. The number of imidazole rings is 1. The lowest BCUT2D eigenvalue weighted by Crippen LogP contribution is -2.30. The molecule has 4 nitrogen and oxygen atoms in total. The number of benzene rings is 1. The molecule has 20 heavy (non-hydrogen) atoms. The summed E-state index contributed by atoms with van der Waals surface area (Å²) in [5.74, 6) is -0.202. The van der Waals surface area contributed by atoms with E-state index in [1.807, 2.05) is 41.1 Å². The fourth-order valence-electron chi connectivity index (χ4n) is 1.92. The van der Waals surface area contributed by atoms with E-state index in [1.54, 1.807) is 19.4 Å². The van der Waals surface area contributed by atoms with Gasteiger partial charge in [-0.05, 0) is 12.5 Å². The average molecular weight is 290 g/mol. The molecule has 1 amide bonds. The van der Waals surface area contributed by atoms with Crippen LogP contribution in [0.5, 0.6) is 0 Å². The van der Waals surface area contributed by atoms with Gasteiger partial charge in [0.1, 0.15) is 0 Å². The number of allylic oxidation sites excluding steroid dienone is 1. The van der Waals surface area contributed by atoms with Gasteiger partial charge in [0.05, 0.1) is 12.4 Å². The van der Waals surface area contributed by atoms with Crippen LogP contribution in [-0.2, 0) is 11.3 Å². The molecule has 0 saturated carbocycles. The average Bonchev–Trinajstić information content (AvgIpc) is 2.91. The van der Waals surface area contributed by atoms with Gasteiger partial charge in [0.25, 0.3) is 0 Å². The van der Waals surface area contributed by atoms with E-state index >= 15 is 0 Å². The Hall–Kier alpha value is -2.07. The summed E-state index contributed by atoms with van der Waals surface area (Å²) in [7, 11) is 0. The SMILES string of the molecule is C/C(Cl)=C/C(=O)NC(Cn1ccnc1)c1ccccc1. The summed E-state index contributed by atoms with van der Waals surface area (Å²) in [6.45, 7) is 2.29. The highest BCUT2D eigenvalue weighted by molar-refractivity contribution is 6.30. The summed E-state index contributed by atoms with van der Waals surface area (Å²) in [4.78, 5) is 15.9. The molecule has 2 aromatic rings. The molecule has 0 aliphatic carbocycles. The van der Waals surface area contributed by atoms with Gasteiger partial charge in [-0.15, -0.1) is 0 Å². The predicted molar refractivity (Wildman–Crippen MR) is 79.2 cm³/mol. The Morgan fingerprint density at radius 1 is 1.45 bits per heavy atom. The summed E-state index contributed by atoms with van der Waals surface area (Å²) in [5.41, 5.74) is 1.04. The second-order valence-electron chi connectivity index (χ2n) is 4.46. The van der Waals surface area contributed by atoms with Crippen LogP contribution in [0.3, 0.4) is 0 Å². The van der Waals surface area contributed by atoms with Gasteiger partial charge in [0.15, 0.2) is 0 Å². The minimum Gasteiger partial charge on any atom is -0.344 e. The lowest BCUT2D eigenvalue weighted by Gasteiger charge is -2.19. The van der Waals surface area contributed by atoms with Crippen LogP contribution in [-0.4, -0.2) is 15.5 Å². The number of nitrogens with zero attached hydrogens (tertiary/aromatic N) is 2. The van der Waals surface area contributed by atoms with Crippen molar-refractivity contribution in [2.24, 2.45) is 0 Å². The number of carbonyl (C=O) groups is 1. The molecule has 0 bridgehead atoms. The zero-order valence-electron chi connectivity index (χ0n) is 11.2. The molecule has 0 saturated heterocycles. The smallest absolute Gasteiger partial charge is 0.245 e. The molecule has 2 rings (SSSR count). The van der Waals surface area contributed by atoms with Crippen molar-refractivity contribution in [1.29, 1.82) is 0 Å². The lowest BCUT2D eigenvalue weighted by molar-refractivity contribution is -0.117. The number of halogens is 1. The van der Waals surface area contributed by atoms with E-state index in [9.17, 15) is 4.79 Å². The molecule has 0 aliphatic heterocycles. The van der Waals surface area contributed by atoms with Crippen LogP contribution >= 0.6 is 11.6 Å². The number of hydrogen-bond donors (Lipinski definition) is 1. The molecular formula is C15H16ClN3O. The van der Waals surface area contributed by atoms with Gasteiger partial charge in [0, 0.05) is 30.0 Å². The maximum absolute atomic E-state index is 11.9. The van der Waals surface area contributed by atoms with E-state index in [4.69, 9.17) is 11.6 Å². The first-order chi connectivity index (χ1) is 9.65. The molecule has 1 aromatic heterocycles. The number of carbonyl (C=O) groups excluding carboxylic acids is 1. The Bertz CT molecular complexity index is 574. The van der Waals surface area contributed by atoms with Gasteiger partial charge in [-0.1, -0.05) is 41.9 Å². The topological polar surface area (TPSA) is 46.9 Å². The van der Waals surface area contributed by atoms with E-state index < -0.39 is 0 Å². The normalized spacial score (nSPS) is 13.0. The van der Waals surface area contributed by atoms with Crippen molar-refractivity contribution in [3.8, 4) is 0 Å². The largest absolute Gasteiger partial charge is 0.344 e. The van der Waals surface area contributed by atoms with Gasteiger partial charge < -0.3 is 9.88 Å². The molecule has 104 valence electrons. The van der Waals surface area contributed by atoms with Crippen molar-refractivity contribution in [3.05, 3.63) is 65.7 Å². The molecule has 0 fully saturated rings. The van der Waals surface area contributed by atoms with E-state index in [1.165, 1.54) is 6.08 Å². The third-order valence-electron chi connectivity index (χ3n) is 2.80. The van der Waals surface area contributed by atoms with Gasteiger partial charge in [-0.3, -0.25) is 4.79 Å². The van der Waals surface area contributed by atoms with E-state index in [0.29, 0.717) is 11.6 Å². The number of aromatic nitrogens is 2. The third-order valence-corrected chi connectivity index (χ3v) is 2.91. The van der Waals surface area contributed by atoms with Crippen molar-refractivity contribution in [2.45, 2.75) is 19.5 Å². The Morgan fingerprint density at radius 2 is 2.20 bits per heavy atom. The van der Waals surface area contributed by atoms with Crippen molar-refractivity contribution in [1.82, 2.24) is 14.9 Å². The molecule has 0 radical (unpaired) electrons. The van der Waals surface area contributed by atoms with Crippen LogP contribution in [0.4, 0.5) is 0 Å². The molecule has 1 aromatic carbocycles. The fourth-order valence-corrected chi connectivity index (χ4v) is 2.02. The molecule has 5 heteroatoms. The zero-order valence-corrected chi connectivity index (χ0v) is 11.9. The highest BCUT2D eigenvalue weighted by Crippen LogP contribution is 2.15. The maximum Gasteiger partial charge on any atom is 0.245 e. The van der Waals surface area contributed by atoms with Crippen LogP contribution in [0.2, 0.25) is 0 Å². The second-order valence-corrected chi connectivity index (χ2v) is 5.06. The Kier molecular flexibility index (Phi) is 4.96. The first-order valence-electron chi connectivity index (χ1n) is 6.30. The van der Waals surface area contributed by atoms with Crippen molar-refractivity contribution >= 4 is 17.5 Å². The third kappa shape index (κ3) is 4.24. The summed E-state index contributed by atoms with van der Waals surface area (Å²) < 4.78 is 1.93. The molecule has 1 unspecified atom stereocenters. The highest BCUT2D eigenvalue weighted by Gasteiger charge is 2.13. The number of nitrogens with one attached hydrogen (secondary N) is 1. The standard InChI is InChI=1S/C15H16ClN3O/c1-12(16)9-15(20)18-14(10-19-8-7-17-11-19)13-5-3-2-4-6-13/h2-9,11,14H,10H2,1H3,(H,18,20)/b12-9-. The Labute approximate surface area is 123 Å². The quantitative estimate of drug-likeness (QED) is 0.860. The summed E-state index contributed by atoms with van der Waals surface area (Å²) in [6, 6.07) is 9.68. The van der Waals surface area contributed by atoms with Crippen LogP contribution < -0.4 is 5.32 Å². The summed E-state index contributed by atoms with van der Waals surface area (Å²) in [5, 5.41) is 3.41. The van der Waals surface area contributed by atoms with Crippen molar-refractivity contribution < 1.29 is 4.79 Å². The van der Waals surface area contributed by atoms with E-state index in [2.05, 4.69) is 10.3 Å². The van der Waals surface area contributed by atoms with Crippen molar-refractivity contribution in [3.63, 3.8) is 0 Å². The minimum atomic E-state index is -0.202. The van der Waals surface area contributed by atoms with Crippen LogP contribution in [0.25, 0.3) is 0 Å². The Morgan fingerprint density at radius 3 is 2.80 bits per heavy atom. The van der Waals surface area contributed by atoms with Gasteiger partial charge in [-0.2, -0.15) is 0 Å². The molecular weight excluding hydrogens is 274 g/mol. The summed E-state index contributed by atoms with van der Waals surface area (Å²) >= 11 is 5.73.